The molecule has 3 aromatic rings. The van der Waals surface area contributed by atoms with Crippen LogP contribution in [0.15, 0.2) is 60.8 Å². The van der Waals surface area contributed by atoms with Gasteiger partial charge in [-0.05, 0) is 42.5 Å². The predicted molar refractivity (Wildman–Crippen MR) is 114 cm³/mol. The molecular formula is C22H21N5O4. The molecule has 1 aliphatic rings. The highest BCUT2D eigenvalue weighted by Crippen LogP contribution is 2.31. The van der Waals surface area contributed by atoms with Crippen molar-refractivity contribution in [3.8, 4) is 11.4 Å². The van der Waals surface area contributed by atoms with Crippen molar-refractivity contribution >= 4 is 29.1 Å². The van der Waals surface area contributed by atoms with E-state index in [1.807, 2.05) is 24.3 Å². The molecule has 9 nitrogen and oxygen atoms in total. The number of para-hydroxylation sites is 2. The molecular weight excluding hydrogens is 398 g/mol. The smallest absolute Gasteiger partial charge is 0.269 e. The van der Waals surface area contributed by atoms with Crippen molar-refractivity contribution in [2.75, 3.05) is 23.4 Å². The van der Waals surface area contributed by atoms with E-state index < -0.39 is 5.91 Å². The molecule has 9 heteroatoms. The Bertz CT molecular complexity index is 1120. The number of carbonyl (C=O) groups is 3. The fourth-order valence-corrected chi connectivity index (χ4v) is 3.30. The predicted octanol–water partition coefficient (Wildman–Crippen LogP) is 2.12. The molecule has 0 unspecified atom stereocenters. The molecule has 0 aliphatic carbocycles. The Hall–Kier alpha value is -4.14. The number of benzene rings is 2. The van der Waals surface area contributed by atoms with Gasteiger partial charge in [-0.3, -0.25) is 14.4 Å². The van der Waals surface area contributed by atoms with Gasteiger partial charge in [0.05, 0.1) is 17.9 Å². The lowest BCUT2D eigenvalue weighted by Gasteiger charge is -2.29. The number of nitrogens with one attached hydrogen (secondary N) is 1. The molecule has 31 heavy (non-hydrogen) atoms. The lowest BCUT2D eigenvalue weighted by Crippen LogP contribution is -2.38. The van der Waals surface area contributed by atoms with E-state index in [4.69, 9.17) is 10.5 Å². The molecule has 1 aliphatic heterocycles. The van der Waals surface area contributed by atoms with Gasteiger partial charge in [0.15, 0.2) is 0 Å². The number of ether oxygens (including phenoxy) is 1. The Morgan fingerprint density at radius 2 is 1.81 bits per heavy atom. The van der Waals surface area contributed by atoms with E-state index in [1.165, 1.54) is 10.7 Å². The highest BCUT2D eigenvalue weighted by molar-refractivity contribution is 5.99. The lowest BCUT2D eigenvalue weighted by molar-refractivity contribution is -0.122. The third kappa shape index (κ3) is 4.55. The first-order valence-corrected chi connectivity index (χ1v) is 9.79. The average molecular weight is 419 g/mol. The number of primary amides is 1. The fourth-order valence-electron chi connectivity index (χ4n) is 3.30. The Balaban J connectivity index is 1.32. The topological polar surface area (TPSA) is 120 Å². The van der Waals surface area contributed by atoms with Crippen LogP contribution >= 0.6 is 0 Å². The van der Waals surface area contributed by atoms with Gasteiger partial charge in [0.1, 0.15) is 18.1 Å². The third-order valence-electron chi connectivity index (χ3n) is 4.85. The molecule has 0 radical (unpaired) electrons. The Morgan fingerprint density at radius 3 is 2.55 bits per heavy atom. The van der Waals surface area contributed by atoms with Gasteiger partial charge in [-0.25, -0.2) is 4.68 Å². The summed E-state index contributed by atoms with van der Waals surface area (Å²) in [5.74, 6) is -0.299. The van der Waals surface area contributed by atoms with Crippen molar-refractivity contribution in [2.24, 2.45) is 5.73 Å². The number of fused-ring (bicyclic) bond motifs is 1. The average Bonchev–Trinajstić information content (AvgIpc) is 3.28. The van der Waals surface area contributed by atoms with Gasteiger partial charge in [-0.2, -0.15) is 5.10 Å². The molecule has 2 heterocycles. The summed E-state index contributed by atoms with van der Waals surface area (Å²) in [4.78, 5) is 37.7. The maximum Gasteiger partial charge on any atom is 0.269 e. The van der Waals surface area contributed by atoms with Gasteiger partial charge in [-0.1, -0.05) is 12.1 Å². The van der Waals surface area contributed by atoms with Crippen LogP contribution in [-0.2, 0) is 9.59 Å². The first kappa shape index (κ1) is 20.1. The van der Waals surface area contributed by atoms with E-state index in [9.17, 15) is 14.4 Å². The molecule has 0 saturated carbocycles. The van der Waals surface area contributed by atoms with Crippen molar-refractivity contribution in [2.45, 2.75) is 12.8 Å². The normalized spacial score (nSPS) is 12.6. The van der Waals surface area contributed by atoms with E-state index in [2.05, 4.69) is 10.4 Å². The summed E-state index contributed by atoms with van der Waals surface area (Å²) >= 11 is 0. The second kappa shape index (κ2) is 8.70. The molecule has 0 saturated heterocycles. The fraction of sp³-hybridized carbons (Fsp3) is 0.182. The highest BCUT2D eigenvalue weighted by atomic mass is 16.5. The molecule has 2 aromatic carbocycles. The highest BCUT2D eigenvalue weighted by Gasteiger charge is 2.23. The van der Waals surface area contributed by atoms with Crippen molar-refractivity contribution in [3.63, 3.8) is 0 Å². The van der Waals surface area contributed by atoms with Crippen LogP contribution in [0.5, 0.6) is 5.75 Å². The van der Waals surface area contributed by atoms with Gasteiger partial charge >= 0.3 is 0 Å². The number of nitrogens with zero attached hydrogens (tertiary/aromatic N) is 3. The molecule has 158 valence electrons. The summed E-state index contributed by atoms with van der Waals surface area (Å²) in [7, 11) is 0. The second-order valence-electron chi connectivity index (χ2n) is 6.97. The summed E-state index contributed by atoms with van der Waals surface area (Å²) in [6.45, 7) is 0.891. The van der Waals surface area contributed by atoms with E-state index in [1.54, 1.807) is 35.4 Å². The number of aromatic nitrogens is 2. The summed E-state index contributed by atoms with van der Waals surface area (Å²) in [6.07, 6.45) is 1.80. The molecule has 1 aromatic heterocycles. The summed E-state index contributed by atoms with van der Waals surface area (Å²) in [5.41, 5.74) is 7.42. The van der Waals surface area contributed by atoms with Crippen LogP contribution in [0, 0.1) is 0 Å². The minimum absolute atomic E-state index is 0.0707. The Kier molecular flexibility index (Phi) is 5.65. The molecule has 0 fully saturated rings. The summed E-state index contributed by atoms with van der Waals surface area (Å²) in [6, 6.07) is 15.8. The standard InChI is InChI=1S/C22H21N5O4/c23-22(30)17-11-12-27(25-17)16-7-5-15(6-8-16)24-20(28)9-10-21(29)26-13-14-31-19-4-2-1-3-18(19)26/h1-8,11-12H,9-10,13-14H2,(H2,23,30)(H,24,28). The van der Waals surface area contributed by atoms with Crippen molar-refractivity contribution < 1.29 is 19.1 Å². The molecule has 3 amide bonds. The monoisotopic (exact) mass is 419 g/mol. The third-order valence-corrected chi connectivity index (χ3v) is 4.85. The summed E-state index contributed by atoms with van der Waals surface area (Å²) < 4.78 is 7.08. The van der Waals surface area contributed by atoms with Crippen LogP contribution in [0.2, 0.25) is 0 Å². The Morgan fingerprint density at radius 1 is 1.03 bits per heavy atom. The number of rotatable bonds is 6. The Labute approximate surface area is 178 Å². The SMILES string of the molecule is NC(=O)c1ccn(-c2ccc(NC(=O)CCC(=O)N3CCOc4ccccc43)cc2)n1. The van der Waals surface area contributed by atoms with Crippen LogP contribution in [0.3, 0.4) is 0 Å². The van der Waals surface area contributed by atoms with Crippen LogP contribution in [0.25, 0.3) is 5.69 Å². The molecule has 0 bridgehead atoms. The zero-order valence-corrected chi connectivity index (χ0v) is 16.7. The van der Waals surface area contributed by atoms with E-state index in [-0.39, 0.29) is 30.3 Å². The molecule has 4 rings (SSSR count). The van der Waals surface area contributed by atoms with Crippen LogP contribution in [0.1, 0.15) is 23.3 Å². The number of nitrogens with two attached hydrogens (primary N) is 1. The van der Waals surface area contributed by atoms with E-state index in [0.29, 0.717) is 30.3 Å². The first-order valence-electron chi connectivity index (χ1n) is 9.79. The van der Waals surface area contributed by atoms with Crippen LogP contribution in [-0.4, -0.2) is 40.7 Å². The molecule has 0 spiro atoms. The van der Waals surface area contributed by atoms with Crippen molar-refractivity contribution in [1.82, 2.24) is 9.78 Å². The first-order chi connectivity index (χ1) is 15.0. The van der Waals surface area contributed by atoms with Gasteiger partial charge in [0.25, 0.3) is 5.91 Å². The maximum absolute atomic E-state index is 12.6. The van der Waals surface area contributed by atoms with Crippen LogP contribution in [0.4, 0.5) is 11.4 Å². The van der Waals surface area contributed by atoms with Crippen molar-refractivity contribution in [1.29, 1.82) is 0 Å². The second-order valence-corrected chi connectivity index (χ2v) is 6.97. The minimum atomic E-state index is -0.599. The zero-order valence-electron chi connectivity index (χ0n) is 16.7. The zero-order chi connectivity index (χ0) is 21.8. The van der Waals surface area contributed by atoms with Gasteiger partial charge < -0.3 is 20.7 Å². The maximum atomic E-state index is 12.6. The largest absolute Gasteiger partial charge is 0.490 e. The number of anilines is 2. The summed E-state index contributed by atoms with van der Waals surface area (Å²) in [5, 5.41) is 6.87. The van der Waals surface area contributed by atoms with Gasteiger partial charge in [-0.15, -0.1) is 0 Å². The number of hydrogen-bond acceptors (Lipinski definition) is 5. The van der Waals surface area contributed by atoms with Crippen molar-refractivity contribution in [3.05, 3.63) is 66.5 Å². The number of hydrogen-bond donors (Lipinski definition) is 2. The van der Waals surface area contributed by atoms with E-state index in [0.717, 1.165) is 5.69 Å². The molecule has 0 atom stereocenters. The van der Waals surface area contributed by atoms with E-state index >= 15 is 0 Å². The number of amides is 3. The lowest BCUT2D eigenvalue weighted by atomic mass is 10.2. The van der Waals surface area contributed by atoms with Gasteiger partial charge in [0, 0.05) is 24.7 Å². The number of carbonyl (C=O) groups excluding carboxylic acids is 3. The quantitative estimate of drug-likeness (QED) is 0.634. The molecule has 3 N–H and O–H groups in total. The van der Waals surface area contributed by atoms with Gasteiger partial charge in [0.2, 0.25) is 11.8 Å². The minimum Gasteiger partial charge on any atom is -0.490 e. The van der Waals surface area contributed by atoms with Crippen LogP contribution < -0.4 is 20.7 Å².